The molecule has 1 aliphatic heterocycles. The summed E-state index contributed by atoms with van der Waals surface area (Å²) in [6.45, 7) is 2.78. The van der Waals surface area contributed by atoms with Gasteiger partial charge in [0.1, 0.15) is 5.75 Å². The van der Waals surface area contributed by atoms with E-state index in [1.807, 2.05) is 24.3 Å². The van der Waals surface area contributed by atoms with Gasteiger partial charge in [-0.2, -0.15) is 0 Å². The second-order valence-electron chi connectivity index (χ2n) is 5.92. The molecule has 0 bridgehead atoms. The van der Waals surface area contributed by atoms with E-state index < -0.39 is 10.0 Å². The van der Waals surface area contributed by atoms with Crippen LogP contribution in [0.25, 0.3) is 0 Å². The van der Waals surface area contributed by atoms with Gasteiger partial charge in [-0.3, -0.25) is 4.99 Å². The van der Waals surface area contributed by atoms with Gasteiger partial charge in [-0.1, -0.05) is 6.07 Å². The van der Waals surface area contributed by atoms with E-state index >= 15 is 0 Å². The molecule has 0 amide bonds. The molecule has 10 heteroatoms. The van der Waals surface area contributed by atoms with Gasteiger partial charge in [0.2, 0.25) is 10.0 Å². The van der Waals surface area contributed by atoms with Crippen LogP contribution in [0.3, 0.4) is 0 Å². The Balaban J connectivity index is 0.00000364. The van der Waals surface area contributed by atoms with Crippen LogP contribution >= 0.6 is 24.0 Å². The number of benzene rings is 1. The number of methoxy groups -OCH3 is 1. The number of hydrogen-bond donors (Lipinski definition) is 2. The molecule has 1 heterocycles. The Hall–Kier alpha value is -1.11. The van der Waals surface area contributed by atoms with E-state index in [0.717, 1.165) is 17.9 Å². The van der Waals surface area contributed by atoms with E-state index in [0.29, 0.717) is 45.2 Å². The van der Waals surface area contributed by atoms with Crippen LogP contribution in [-0.4, -0.2) is 71.4 Å². The van der Waals surface area contributed by atoms with Crippen molar-refractivity contribution in [2.75, 3.05) is 58.1 Å². The molecular weight excluding hydrogens is 483 g/mol. The van der Waals surface area contributed by atoms with Crippen LogP contribution in [0.15, 0.2) is 29.3 Å². The maximum absolute atomic E-state index is 11.8. The zero-order valence-corrected chi connectivity index (χ0v) is 19.0. The van der Waals surface area contributed by atoms with Crippen molar-refractivity contribution in [2.24, 2.45) is 4.99 Å². The molecule has 0 unspecified atom stereocenters. The standard InChI is InChI=1S/C17H28N4O4S.HI/c1-18-17(19-8-10-21-9-4-13-26(21,22)23)20-15-6-3-7-16(14-15)25-12-5-11-24-2;/h3,6-7,14H,4-5,8-13H2,1-2H3,(H2,18,19,20);1H. The number of ether oxygens (including phenoxy) is 2. The van der Waals surface area contributed by atoms with Crippen molar-refractivity contribution in [3.8, 4) is 5.75 Å². The first kappa shape index (κ1) is 23.9. The number of aliphatic imine (C=N–C) groups is 1. The molecule has 2 N–H and O–H groups in total. The number of nitrogens with zero attached hydrogens (tertiary/aromatic N) is 2. The molecule has 0 radical (unpaired) electrons. The SMILES string of the molecule is CN=C(NCCN1CCCS1(=O)=O)Nc1cccc(OCCCOC)c1.I. The van der Waals surface area contributed by atoms with Crippen LogP contribution in [0.1, 0.15) is 12.8 Å². The zero-order valence-electron chi connectivity index (χ0n) is 15.8. The van der Waals surface area contributed by atoms with Gasteiger partial charge in [0, 0.05) is 58.6 Å². The largest absolute Gasteiger partial charge is 0.493 e. The molecule has 0 spiro atoms. The molecule has 1 aromatic carbocycles. The molecule has 2 rings (SSSR count). The topological polar surface area (TPSA) is 92.3 Å². The second kappa shape index (κ2) is 12.4. The van der Waals surface area contributed by atoms with Crippen LogP contribution in [0.2, 0.25) is 0 Å². The lowest BCUT2D eigenvalue weighted by molar-refractivity contribution is 0.172. The van der Waals surface area contributed by atoms with E-state index in [1.54, 1.807) is 14.2 Å². The van der Waals surface area contributed by atoms with Crippen LogP contribution in [-0.2, 0) is 14.8 Å². The maximum Gasteiger partial charge on any atom is 0.214 e. The Bertz CT molecular complexity index is 700. The molecule has 8 nitrogen and oxygen atoms in total. The summed E-state index contributed by atoms with van der Waals surface area (Å²) in [6.07, 6.45) is 1.53. The first-order chi connectivity index (χ1) is 12.5. The molecule has 154 valence electrons. The normalized spacial score (nSPS) is 16.6. The minimum atomic E-state index is -3.06. The lowest BCUT2D eigenvalue weighted by Crippen LogP contribution is -2.38. The van der Waals surface area contributed by atoms with Gasteiger partial charge in [0.15, 0.2) is 5.96 Å². The minimum Gasteiger partial charge on any atom is -0.493 e. The Morgan fingerprint density at radius 3 is 2.81 bits per heavy atom. The number of hydrogen-bond acceptors (Lipinski definition) is 5. The van der Waals surface area contributed by atoms with Crippen LogP contribution in [0.5, 0.6) is 5.75 Å². The van der Waals surface area contributed by atoms with E-state index in [2.05, 4.69) is 15.6 Å². The van der Waals surface area contributed by atoms with E-state index in [4.69, 9.17) is 9.47 Å². The van der Waals surface area contributed by atoms with Gasteiger partial charge >= 0.3 is 0 Å². The summed E-state index contributed by atoms with van der Waals surface area (Å²) in [6, 6.07) is 7.61. The van der Waals surface area contributed by atoms with Crippen LogP contribution < -0.4 is 15.4 Å². The smallest absolute Gasteiger partial charge is 0.214 e. The van der Waals surface area contributed by atoms with Crippen molar-refractivity contribution >= 4 is 45.6 Å². The van der Waals surface area contributed by atoms with Gasteiger partial charge in [-0.05, 0) is 18.6 Å². The molecule has 1 aromatic rings. The Labute approximate surface area is 178 Å². The average molecular weight is 512 g/mol. The molecule has 27 heavy (non-hydrogen) atoms. The van der Waals surface area contributed by atoms with Gasteiger partial charge in [-0.15, -0.1) is 24.0 Å². The van der Waals surface area contributed by atoms with Crippen molar-refractivity contribution in [3.05, 3.63) is 24.3 Å². The fourth-order valence-electron chi connectivity index (χ4n) is 2.61. The Kier molecular flexibility index (Phi) is 11.0. The predicted molar refractivity (Wildman–Crippen MR) is 119 cm³/mol. The molecule has 0 aliphatic carbocycles. The summed E-state index contributed by atoms with van der Waals surface area (Å²) in [5.41, 5.74) is 0.844. The summed E-state index contributed by atoms with van der Waals surface area (Å²) < 4.78 is 35.8. The highest BCUT2D eigenvalue weighted by Crippen LogP contribution is 2.17. The molecular formula is C17H29IN4O4S. The molecule has 0 saturated carbocycles. The molecule has 0 atom stereocenters. The number of halogens is 1. The Morgan fingerprint density at radius 2 is 2.15 bits per heavy atom. The molecule has 1 fully saturated rings. The third kappa shape index (κ3) is 8.20. The molecule has 1 aliphatic rings. The summed E-state index contributed by atoms with van der Waals surface area (Å²) in [5, 5.41) is 6.32. The first-order valence-electron chi connectivity index (χ1n) is 8.72. The third-order valence-corrected chi connectivity index (χ3v) is 5.90. The summed E-state index contributed by atoms with van der Waals surface area (Å²) >= 11 is 0. The van der Waals surface area contributed by atoms with Crippen molar-refractivity contribution in [3.63, 3.8) is 0 Å². The molecule has 1 saturated heterocycles. The van der Waals surface area contributed by atoms with E-state index in [1.165, 1.54) is 4.31 Å². The van der Waals surface area contributed by atoms with Crippen LogP contribution in [0, 0.1) is 0 Å². The van der Waals surface area contributed by atoms with Crippen molar-refractivity contribution < 1.29 is 17.9 Å². The Morgan fingerprint density at radius 1 is 1.33 bits per heavy atom. The fraction of sp³-hybridized carbons (Fsp3) is 0.588. The van der Waals surface area contributed by atoms with Gasteiger partial charge in [0.05, 0.1) is 12.4 Å². The minimum absolute atomic E-state index is 0. The first-order valence-corrected chi connectivity index (χ1v) is 10.3. The van der Waals surface area contributed by atoms with Crippen LogP contribution in [0.4, 0.5) is 5.69 Å². The number of nitrogens with one attached hydrogen (secondary N) is 2. The third-order valence-electron chi connectivity index (χ3n) is 3.94. The van der Waals surface area contributed by atoms with E-state index in [-0.39, 0.29) is 29.7 Å². The summed E-state index contributed by atoms with van der Waals surface area (Å²) in [4.78, 5) is 4.17. The second-order valence-corrected chi connectivity index (χ2v) is 8.00. The number of sulfonamides is 1. The maximum atomic E-state index is 11.8. The van der Waals surface area contributed by atoms with Crippen molar-refractivity contribution in [1.29, 1.82) is 0 Å². The lowest BCUT2D eigenvalue weighted by Gasteiger charge is -2.17. The van der Waals surface area contributed by atoms with Crippen molar-refractivity contribution in [1.82, 2.24) is 9.62 Å². The number of anilines is 1. The summed E-state index contributed by atoms with van der Waals surface area (Å²) in [5.74, 6) is 1.60. The zero-order chi connectivity index (χ0) is 18.8. The highest BCUT2D eigenvalue weighted by atomic mass is 127. The highest BCUT2D eigenvalue weighted by molar-refractivity contribution is 14.0. The lowest BCUT2D eigenvalue weighted by atomic mass is 10.3. The summed E-state index contributed by atoms with van der Waals surface area (Å²) in [7, 11) is 0.281. The van der Waals surface area contributed by atoms with Gasteiger partial charge in [-0.25, -0.2) is 12.7 Å². The van der Waals surface area contributed by atoms with Gasteiger partial charge in [0.25, 0.3) is 0 Å². The monoisotopic (exact) mass is 512 g/mol. The van der Waals surface area contributed by atoms with Gasteiger partial charge < -0.3 is 20.1 Å². The number of guanidine groups is 1. The predicted octanol–water partition coefficient (Wildman–Crippen LogP) is 1.74. The quantitative estimate of drug-likeness (QED) is 0.227. The average Bonchev–Trinajstić information content (AvgIpc) is 2.96. The van der Waals surface area contributed by atoms with Crippen molar-refractivity contribution in [2.45, 2.75) is 12.8 Å². The number of rotatable bonds is 9. The molecule has 0 aromatic heterocycles. The fourth-order valence-corrected chi connectivity index (χ4v) is 4.14. The van der Waals surface area contributed by atoms with E-state index in [9.17, 15) is 8.42 Å². The highest BCUT2D eigenvalue weighted by Gasteiger charge is 2.27.